The molecular formula is C23H23N6O9S3+. The molecule has 0 aromatic carbocycles. The van der Waals surface area contributed by atoms with Crippen molar-refractivity contribution in [3.63, 3.8) is 0 Å². The van der Waals surface area contributed by atoms with Gasteiger partial charge in [-0.3, -0.25) is 14.4 Å². The normalized spacial score (nSPS) is 21.8. The van der Waals surface area contributed by atoms with Gasteiger partial charge >= 0.3 is 17.9 Å². The molecule has 0 aliphatic carbocycles. The lowest BCUT2D eigenvalue weighted by molar-refractivity contribution is -0.686. The van der Waals surface area contributed by atoms with Gasteiger partial charge in [-0.25, -0.2) is 14.6 Å². The van der Waals surface area contributed by atoms with Crippen molar-refractivity contribution in [3.8, 4) is 0 Å². The molecule has 2 unspecified atom stereocenters. The van der Waals surface area contributed by atoms with Crippen LogP contribution in [0.4, 0.5) is 5.13 Å². The highest BCUT2D eigenvalue weighted by molar-refractivity contribution is 8.00. The zero-order valence-corrected chi connectivity index (χ0v) is 23.4. The Bertz CT molecular complexity index is 1450. The Balaban J connectivity index is 1.42. The predicted molar refractivity (Wildman–Crippen MR) is 146 cm³/mol. The molecule has 216 valence electrons. The summed E-state index contributed by atoms with van der Waals surface area (Å²) >= 11 is 3.49. The SMILES string of the molecule is C=C(ON=C(C(=O)NC1C(=O)N2CC(CSc3cc[n+](CC(=O)O)cc3)(C(=O)O)CS[C@H]12)c1csc(N)n1)C(=O)O. The molecule has 4 rings (SSSR count). The van der Waals surface area contributed by atoms with Crippen molar-refractivity contribution in [1.29, 1.82) is 0 Å². The molecule has 2 aliphatic rings. The smallest absolute Gasteiger partial charge is 0.374 e. The van der Waals surface area contributed by atoms with Gasteiger partial charge in [0, 0.05) is 40.5 Å². The average Bonchev–Trinajstić information content (AvgIpc) is 3.36. The molecule has 15 nitrogen and oxygen atoms in total. The first kappa shape index (κ1) is 29.8. The van der Waals surface area contributed by atoms with Gasteiger partial charge in [-0.2, -0.15) is 4.57 Å². The first-order valence-corrected chi connectivity index (χ1v) is 14.5. The zero-order valence-electron chi connectivity index (χ0n) is 21.0. The van der Waals surface area contributed by atoms with Crippen LogP contribution in [0.3, 0.4) is 0 Å². The fourth-order valence-corrected chi connectivity index (χ4v) is 7.17. The maximum absolute atomic E-state index is 13.0. The molecule has 0 spiro atoms. The number of carbonyl (C=O) groups is 5. The number of oxime groups is 1. The van der Waals surface area contributed by atoms with E-state index in [0.717, 1.165) is 16.2 Å². The summed E-state index contributed by atoms with van der Waals surface area (Å²) in [6, 6.07) is 2.38. The zero-order chi connectivity index (χ0) is 29.9. The largest absolute Gasteiger partial charge is 0.481 e. The van der Waals surface area contributed by atoms with E-state index in [0.29, 0.717) is 0 Å². The number of aliphatic carboxylic acids is 3. The number of β-lactam (4-membered cyclic amide) rings is 1. The van der Waals surface area contributed by atoms with Crippen molar-refractivity contribution in [2.45, 2.75) is 22.9 Å². The van der Waals surface area contributed by atoms with Crippen LogP contribution >= 0.6 is 34.9 Å². The van der Waals surface area contributed by atoms with E-state index in [-0.39, 0.29) is 35.4 Å². The minimum absolute atomic E-state index is 0.000531. The number of pyridine rings is 1. The van der Waals surface area contributed by atoms with E-state index < -0.39 is 58.0 Å². The van der Waals surface area contributed by atoms with Crippen molar-refractivity contribution < 1.29 is 48.7 Å². The van der Waals surface area contributed by atoms with E-state index in [1.165, 1.54) is 38.4 Å². The minimum atomic E-state index is -1.50. The Hall–Kier alpha value is -4.16. The van der Waals surface area contributed by atoms with Crippen molar-refractivity contribution in [2.24, 2.45) is 10.6 Å². The summed E-state index contributed by atoms with van der Waals surface area (Å²) in [4.78, 5) is 71.1. The van der Waals surface area contributed by atoms with Crippen LogP contribution in [-0.4, -0.2) is 90.1 Å². The molecule has 6 N–H and O–H groups in total. The average molecular weight is 624 g/mol. The van der Waals surface area contributed by atoms with Crippen LogP contribution in [0.2, 0.25) is 0 Å². The van der Waals surface area contributed by atoms with Crippen molar-refractivity contribution >= 4 is 75.4 Å². The van der Waals surface area contributed by atoms with E-state index >= 15 is 0 Å². The van der Waals surface area contributed by atoms with Crippen LogP contribution in [0.25, 0.3) is 0 Å². The number of rotatable bonds is 12. The molecule has 18 heteroatoms. The minimum Gasteiger partial charge on any atom is -0.481 e. The van der Waals surface area contributed by atoms with E-state index in [4.69, 9.17) is 20.8 Å². The highest BCUT2D eigenvalue weighted by atomic mass is 32.2. The number of amides is 2. The lowest BCUT2D eigenvalue weighted by Crippen LogP contribution is -2.74. The van der Waals surface area contributed by atoms with Gasteiger partial charge in [0.2, 0.25) is 18.2 Å². The monoisotopic (exact) mass is 623 g/mol. The van der Waals surface area contributed by atoms with Crippen molar-refractivity contribution in [3.05, 3.63) is 47.9 Å². The summed E-state index contributed by atoms with van der Waals surface area (Å²) < 4.78 is 1.47. The highest BCUT2D eigenvalue weighted by Gasteiger charge is 2.57. The molecule has 2 aliphatic heterocycles. The number of nitrogens with two attached hydrogens (primary N) is 1. The molecule has 0 saturated carbocycles. The van der Waals surface area contributed by atoms with Crippen LogP contribution in [0.5, 0.6) is 0 Å². The molecule has 2 aromatic rings. The molecular weight excluding hydrogens is 600 g/mol. The number of carbonyl (C=O) groups excluding carboxylic acids is 2. The first-order valence-electron chi connectivity index (χ1n) is 11.6. The van der Waals surface area contributed by atoms with Gasteiger partial charge in [0.25, 0.3) is 5.91 Å². The highest BCUT2D eigenvalue weighted by Crippen LogP contribution is 2.44. The summed E-state index contributed by atoms with van der Waals surface area (Å²) in [7, 11) is 0. The van der Waals surface area contributed by atoms with Gasteiger partial charge in [0.1, 0.15) is 22.5 Å². The maximum Gasteiger partial charge on any atom is 0.374 e. The van der Waals surface area contributed by atoms with Gasteiger partial charge in [-0.1, -0.05) is 5.16 Å². The Morgan fingerprint density at radius 2 is 2.00 bits per heavy atom. The van der Waals surface area contributed by atoms with Gasteiger partial charge in [-0.05, 0) is 6.58 Å². The van der Waals surface area contributed by atoms with Crippen LogP contribution in [0, 0.1) is 5.41 Å². The lowest BCUT2D eigenvalue weighted by atomic mass is 9.89. The molecule has 41 heavy (non-hydrogen) atoms. The third kappa shape index (κ3) is 6.60. The second-order valence-electron chi connectivity index (χ2n) is 8.92. The molecule has 2 fully saturated rings. The van der Waals surface area contributed by atoms with Gasteiger partial charge in [-0.15, -0.1) is 34.9 Å². The van der Waals surface area contributed by atoms with Crippen molar-refractivity contribution in [1.82, 2.24) is 15.2 Å². The number of carboxylic acids is 3. The maximum atomic E-state index is 13.0. The second kappa shape index (κ2) is 12.1. The van der Waals surface area contributed by atoms with E-state index in [2.05, 4.69) is 22.0 Å². The van der Waals surface area contributed by atoms with Crippen LogP contribution in [0.15, 0.2) is 52.3 Å². The summed E-state index contributed by atoms with van der Waals surface area (Å²) in [5.74, 6) is -5.35. The number of anilines is 1. The fraction of sp³-hybridized carbons (Fsp3) is 0.304. The van der Waals surface area contributed by atoms with Crippen LogP contribution < -0.4 is 15.6 Å². The Morgan fingerprint density at radius 1 is 1.29 bits per heavy atom. The number of nitrogen functional groups attached to an aromatic ring is 1. The Morgan fingerprint density at radius 3 is 2.59 bits per heavy atom. The van der Waals surface area contributed by atoms with E-state index in [1.54, 1.807) is 24.5 Å². The van der Waals surface area contributed by atoms with E-state index in [1.807, 2.05) is 0 Å². The fourth-order valence-electron chi connectivity index (χ4n) is 3.88. The Kier molecular flexibility index (Phi) is 8.83. The first-order chi connectivity index (χ1) is 19.4. The molecule has 3 atom stereocenters. The topological polar surface area (TPSA) is 226 Å². The van der Waals surface area contributed by atoms with Gasteiger partial charge in [0.05, 0.1) is 0 Å². The third-order valence-electron chi connectivity index (χ3n) is 6.04. The summed E-state index contributed by atoms with van der Waals surface area (Å²) in [6.07, 6.45) is 3.17. The van der Waals surface area contributed by atoms with Gasteiger partial charge < -0.3 is 36.1 Å². The molecule has 2 aromatic heterocycles. The molecule has 2 saturated heterocycles. The number of nitrogens with zero attached hydrogens (tertiary/aromatic N) is 4. The lowest BCUT2D eigenvalue weighted by Gasteiger charge is -2.53. The third-order valence-corrected chi connectivity index (χ3v) is 9.61. The number of aromatic nitrogens is 2. The number of thiazole rings is 1. The molecule has 4 heterocycles. The quantitative estimate of drug-likeness (QED) is 0.0389. The second-order valence-corrected chi connectivity index (χ2v) is 12.0. The van der Waals surface area contributed by atoms with Crippen LogP contribution in [-0.2, 0) is 35.4 Å². The summed E-state index contributed by atoms with van der Waals surface area (Å²) in [5, 5.41) is 35.0. The number of thioether (sulfide) groups is 2. The van der Waals surface area contributed by atoms with Crippen LogP contribution in [0.1, 0.15) is 5.69 Å². The van der Waals surface area contributed by atoms with Crippen molar-refractivity contribution in [2.75, 3.05) is 23.8 Å². The number of nitrogens with one attached hydrogen (secondary N) is 1. The summed E-state index contributed by atoms with van der Waals surface area (Å²) in [5.41, 5.74) is 3.95. The standard InChI is InChI=1S/C23H22N6O9S3/c1-11(20(34)35)38-27-15(13-7-39-22(24)25-13)17(32)26-16-18(33)29-8-23(21(36)37,10-41-19(16)29)9-40-12-2-4-28(5-3-12)6-14(30)31/h2-5,7,16,19H,1,6,8-10H2,(H5-,24,25,26,30,31,32,34,35,36,37)/p+1/t16?,19-,23?/m1/s1. The number of hydrogen-bond donors (Lipinski definition) is 5. The number of hydrogen-bond acceptors (Lipinski definition) is 12. The number of carboxylic acid groups (broad SMARTS) is 3. The summed E-state index contributed by atoms with van der Waals surface area (Å²) in [6.45, 7) is 2.90. The molecule has 2 amide bonds. The van der Waals surface area contributed by atoms with Gasteiger partial charge in [0.15, 0.2) is 23.2 Å². The molecule has 0 bridgehead atoms. The molecule has 0 radical (unpaired) electrons. The Labute approximate surface area is 244 Å². The number of fused-ring (bicyclic) bond motifs is 1. The van der Waals surface area contributed by atoms with E-state index in [9.17, 15) is 29.1 Å². The predicted octanol–water partition coefficient (Wildman–Crippen LogP) is -0.320.